The van der Waals surface area contributed by atoms with E-state index in [0.717, 1.165) is 18.2 Å². The lowest BCUT2D eigenvalue weighted by Crippen LogP contribution is -2.63. The van der Waals surface area contributed by atoms with Crippen molar-refractivity contribution in [3.05, 3.63) is 161 Å². The number of hydrogen-bond donors (Lipinski definition) is 6. The van der Waals surface area contributed by atoms with Crippen molar-refractivity contribution in [1.29, 1.82) is 0 Å². The van der Waals surface area contributed by atoms with E-state index in [9.17, 15) is 59.4 Å². The summed E-state index contributed by atoms with van der Waals surface area (Å²) in [5.41, 5.74) is 3.24. The molecule has 0 saturated carbocycles. The first-order chi connectivity index (χ1) is 34.5. The highest BCUT2D eigenvalue weighted by atomic mass is 16.4. The summed E-state index contributed by atoms with van der Waals surface area (Å²) in [6, 6.07) is 31.8. The first-order valence-electron chi connectivity index (χ1n) is 21.3. The summed E-state index contributed by atoms with van der Waals surface area (Å²) in [6.07, 6.45) is 0. The summed E-state index contributed by atoms with van der Waals surface area (Å²) >= 11 is 0. The molecule has 24 heteroatoms. The average molecular weight is 970 g/mol. The van der Waals surface area contributed by atoms with Gasteiger partial charge in [-0.1, -0.05) is 36.4 Å². The molecule has 0 amide bonds. The van der Waals surface area contributed by atoms with Crippen LogP contribution >= 0.6 is 0 Å². The molecule has 72 heavy (non-hydrogen) atoms. The maximum atomic E-state index is 11.8. The molecule has 6 N–H and O–H groups in total. The molecule has 3 aromatic heterocycles. The summed E-state index contributed by atoms with van der Waals surface area (Å²) in [4.78, 5) is 79.9. The van der Waals surface area contributed by atoms with Crippen LogP contribution in [0.4, 0.5) is 0 Å². The van der Waals surface area contributed by atoms with Gasteiger partial charge in [-0.2, -0.15) is 0 Å². The highest BCUT2D eigenvalue weighted by Gasteiger charge is 2.35. The van der Waals surface area contributed by atoms with Crippen LogP contribution in [0.1, 0.15) is 62.1 Å². The Kier molecular flexibility index (Phi) is 11.1. The van der Waals surface area contributed by atoms with Crippen LogP contribution in [0.25, 0.3) is 67.5 Å². The normalized spacial score (nSPS) is 11.8. The zero-order valence-corrected chi connectivity index (χ0v) is 36.7. The molecule has 6 aromatic carbocycles. The van der Waals surface area contributed by atoms with Gasteiger partial charge in [0.05, 0.1) is 65.4 Å². The summed E-state index contributed by atoms with van der Waals surface area (Å²) in [6.45, 7) is -0.118. The molecule has 0 unspecified atom stereocenters. The summed E-state index contributed by atoms with van der Waals surface area (Å²) in [5.74, 6) is -6.91. The smallest absolute Gasteiger partial charge is 0.339 e. The van der Waals surface area contributed by atoms with Gasteiger partial charge in [0.15, 0.2) is 0 Å². The minimum Gasteiger partial charge on any atom is -0.478 e. The Bertz CT molecular complexity index is 3210. The quantitative estimate of drug-likeness (QED) is 0.0956. The summed E-state index contributed by atoms with van der Waals surface area (Å²) < 4.78 is 0. The fourth-order valence-electron chi connectivity index (χ4n) is 7.90. The molecule has 0 bridgehead atoms. The second-order valence-corrected chi connectivity index (χ2v) is 16.2. The SMILES string of the molecule is O=C(O)c1cc(C(=O)O)cc(-c2ccc(-c3nn4[n+](n3)Cn3nc(-c5ccc(-c6cc(C(=O)O)cc(C(=O)O)c6)cc5)n[n+]3C[n+]3nc(-c5ccc(-c6cc(C(=O)O)cc(C(=O)O)c6)cc5)nn3C4)cc2)c1. The Morgan fingerprint density at radius 1 is 0.333 bits per heavy atom. The lowest BCUT2D eigenvalue weighted by molar-refractivity contribution is -1.03. The largest absolute Gasteiger partial charge is 0.478 e. The Morgan fingerprint density at radius 3 is 0.889 bits per heavy atom. The molecule has 0 radical (unpaired) electrons. The van der Waals surface area contributed by atoms with Crippen LogP contribution in [0.15, 0.2) is 127 Å². The van der Waals surface area contributed by atoms with Crippen LogP contribution in [-0.4, -0.2) is 111 Å². The minimum atomic E-state index is -1.28. The van der Waals surface area contributed by atoms with Gasteiger partial charge < -0.3 is 30.6 Å². The van der Waals surface area contributed by atoms with E-state index in [0.29, 0.717) is 50.1 Å². The van der Waals surface area contributed by atoms with Gasteiger partial charge in [0.25, 0.3) is 13.3 Å². The van der Waals surface area contributed by atoms with E-state index in [2.05, 4.69) is 0 Å². The number of tetrazole rings is 3. The van der Waals surface area contributed by atoms with Gasteiger partial charge in [-0.25, -0.2) is 28.8 Å². The first kappa shape index (κ1) is 45.1. The van der Waals surface area contributed by atoms with E-state index >= 15 is 0 Å². The van der Waals surface area contributed by atoms with Gasteiger partial charge in [0.2, 0.25) is 0 Å². The van der Waals surface area contributed by atoms with Crippen molar-refractivity contribution in [2.45, 2.75) is 20.0 Å². The van der Waals surface area contributed by atoms with E-state index in [-0.39, 0.29) is 70.9 Å². The molecule has 10 rings (SSSR count). The maximum Gasteiger partial charge on any atom is 0.339 e. The van der Waals surface area contributed by atoms with Gasteiger partial charge in [-0.05, 0) is 154 Å². The highest BCUT2D eigenvalue weighted by Crippen LogP contribution is 2.29. The Balaban J connectivity index is 1.02. The molecule has 0 saturated heterocycles. The number of aromatic nitrogens is 12. The fourth-order valence-corrected chi connectivity index (χ4v) is 7.90. The van der Waals surface area contributed by atoms with Crippen molar-refractivity contribution in [3.63, 3.8) is 0 Å². The molecule has 354 valence electrons. The van der Waals surface area contributed by atoms with Crippen molar-refractivity contribution >= 4 is 35.8 Å². The van der Waals surface area contributed by atoms with Crippen molar-refractivity contribution in [2.75, 3.05) is 0 Å². The number of carboxylic acid groups (broad SMARTS) is 6. The molecule has 24 nitrogen and oxygen atoms in total. The van der Waals surface area contributed by atoms with Crippen molar-refractivity contribution in [2.24, 2.45) is 0 Å². The highest BCUT2D eigenvalue weighted by molar-refractivity contribution is 5.98. The number of rotatable bonds is 12. The molecule has 0 fully saturated rings. The molecule has 1 aliphatic rings. The predicted molar refractivity (Wildman–Crippen MR) is 241 cm³/mol. The third-order valence-electron chi connectivity index (χ3n) is 11.5. The molecular weight excluding hydrogens is 937 g/mol. The number of aromatic carboxylic acids is 6. The van der Waals surface area contributed by atoms with Crippen LogP contribution in [0.2, 0.25) is 0 Å². The Hall–Kier alpha value is -10.7. The van der Waals surface area contributed by atoms with Crippen LogP contribution in [0.3, 0.4) is 0 Å². The van der Waals surface area contributed by atoms with Crippen molar-refractivity contribution in [3.8, 4) is 67.5 Å². The van der Waals surface area contributed by atoms with E-state index in [1.807, 2.05) is 0 Å². The number of benzene rings is 6. The van der Waals surface area contributed by atoms with E-state index in [4.69, 9.17) is 30.6 Å². The van der Waals surface area contributed by atoms with E-state index in [1.165, 1.54) is 65.2 Å². The third-order valence-corrected chi connectivity index (χ3v) is 11.5. The molecule has 1 aliphatic heterocycles. The van der Waals surface area contributed by atoms with Gasteiger partial charge in [0, 0.05) is 14.4 Å². The lowest BCUT2D eigenvalue weighted by Gasteiger charge is -2.06. The standard InChI is InChI=1S/C48H30N12O12/c61-43(62)34-13-31(14-35(19-34)44(63)64)25-1-7-28(8-2-25)40-49-55-22-57-51-41(29-9-3-26(4-10-29)32-15-36(45(65)66)20-37(16-32)46(67)68)53-59(57)24-60-54-42(52-58(60)23-56(55)50-40)30-11-5-27(6-12-30)33-17-38(47(69)70)21-39(18-33)48(71)72/h1-21H,22-24H2,(H3-3,61,62,63,64,65,66,67,68,69,70,71,72)/p+3. The molecular formula is C48H33N12O12+3. The van der Waals surface area contributed by atoms with Gasteiger partial charge >= 0.3 is 60.0 Å². The van der Waals surface area contributed by atoms with Crippen LogP contribution in [-0.2, 0) is 20.0 Å². The molecule has 0 aliphatic carbocycles. The van der Waals surface area contributed by atoms with Crippen LogP contribution in [0, 0.1) is 0 Å². The van der Waals surface area contributed by atoms with Crippen LogP contribution in [0.5, 0.6) is 0 Å². The Morgan fingerprint density at radius 2 is 0.583 bits per heavy atom. The predicted octanol–water partition coefficient (Wildman–Crippen LogP) is 3.35. The molecule has 0 atom stereocenters. The zero-order chi connectivity index (χ0) is 50.5. The number of carboxylic acids is 6. The third kappa shape index (κ3) is 8.82. The minimum absolute atomic E-state index is 0.0392. The zero-order valence-electron chi connectivity index (χ0n) is 36.7. The van der Waals surface area contributed by atoms with Gasteiger partial charge in [0.1, 0.15) is 0 Å². The maximum absolute atomic E-state index is 11.8. The van der Waals surface area contributed by atoms with E-state index < -0.39 is 35.8 Å². The molecule has 9 aromatic rings. The number of carbonyl (C=O) groups is 6. The Labute approximate surface area is 401 Å². The summed E-state index contributed by atoms with van der Waals surface area (Å²) in [5, 5.41) is 86.5. The molecule has 4 heterocycles. The lowest BCUT2D eigenvalue weighted by atomic mass is 9.98. The van der Waals surface area contributed by atoms with Crippen molar-refractivity contribution < 1.29 is 73.8 Å². The number of nitrogens with zero attached hydrogens (tertiary/aromatic N) is 12. The average Bonchev–Trinajstić information content (AvgIpc) is 4.10. The first-order valence-corrected chi connectivity index (χ1v) is 21.3. The fraction of sp³-hybridized carbons (Fsp3) is 0.0625. The monoisotopic (exact) mass is 969 g/mol. The van der Waals surface area contributed by atoms with Gasteiger partial charge in [-0.3, -0.25) is 0 Å². The van der Waals surface area contributed by atoms with Crippen molar-refractivity contribution in [1.82, 2.24) is 45.0 Å². The van der Waals surface area contributed by atoms with Gasteiger partial charge in [-0.15, -0.1) is 0 Å². The summed E-state index contributed by atoms with van der Waals surface area (Å²) in [7, 11) is 0. The second-order valence-electron chi connectivity index (χ2n) is 16.2. The number of hydrogen-bond acceptors (Lipinski definition) is 12. The second kappa shape index (κ2) is 17.8. The topological polar surface area (TPSA) is 328 Å². The number of fused-ring (bicyclic) bond motifs is 3. The van der Waals surface area contributed by atoms with E-state index in [1.54, 1.807) is 72.8 Å². The van der Waals surface area contributed by atoms with Crippen LogP contribution < -0.4 is 14.4 Å². The molecule has 0 spiro atoms.